The van der Waals surface area contributed by atoms with Crippen molar-refractivity contribution in [3.8, 4) is 11.3 Å². The minimum absolute atomic E-state index is 0.0276. The third kappa shape index (κ3) is 3.76. The summed E-state index contributed by atoms with van der Waals surface area (Å²) >= 11 is 0. The molecule has 1 amide bonds. The Balaban J connectivity index is 1.63. The quantitative estimate of drug-likeness (QED) is 0.930. The average Bonchev–Trinajstić information content (AvgIpc) is 3.04. The SMILES string of the molecule is CC(O)C1CCCN(C(=O)Cn2cc(-c3ccccc3)nn2)C1. The fourth-order valence-corrected chi connectivity index (χ4v) is 2.99. The Morgan fingerprint density at radius 1 is 1.39 bits per heavy atom. The van der Waals surface area contributed by atoms with Crippen LogP contribution in [0.1, 0.15) is 19.8 Å². The monoisotopic (exact) mass is 314 g/mol. The predicted octanol–water partition coefficient (Wildman–Crippen LogP) is 1.56. The van der Waals surface area contributed by atoms with E-state index in [0.29, 0.717) is 6.54 Å². The number of carbonyl (C=O) groups is 1. The zero-order chi connectivity index (χ0) is 16.2. The molecule has 0 radical (unpaired) electrons. The van der Waals surface area contributed by atoms with Crippen LogP contribution in [0, 0.1) is 5.92 Å². The molecule has 1 aliphatic rings. The number of piperidine rings is 1. The van der Waals surface area contributed by atoms with Crippen molar-refractivity contribution >= 4 is 5.91 Å². The number of aliphatic hydroxyl groups is 1. The summed E-state index contributed by atoms with van der Waals surface area (Å²) in [4.78, 5) is 14.3. The molecule has 1 aromatic carbocycles. The second kappa shape index (κ2) is 6.91. The number of hydrogen-bond donors (Lipinski definition) is 1. The molecule has 1 N–H and O–H groups in total. The number of carbonyl (C=O) groups excluding carboxylic acids is 1. The van der Waals surface area contributed by atoms with Crippen molar-refractivity contribution in [2.24, 2.45) is 5.92 Å². The summed E-state index contributed by atoms with van der Waals surface area (Å²) in [5, 5.41) is 17.9. The molecule has 1 saturated heterocycles. The first-order valence-electron chi connectivity index (χ1n) is 8.05. The van der Waals surface area contributed by atoms with Gasteiger partial charge in [-0.1, -0.05) is 35.5 Å². The second-order valence-corrected chi connectivity index (χ2v) is 6.15. The van der Waals surface area contributed by atoms with Crippen LogP contribution in [0.3, 0.4) is 0 Å². The number of hydrogen-bond acceptors (Lipinski definition) is 4. The molecule has 3 rings (SSSR count). The third-order valence-electron chi connectivity index (χ3n) is 4.40. The highest BCUT2D eigenvalue weighted by molar-refractivity contribution is 5.76. The molecule has 122 valence electrons. The number of rotatable bonds is 4. The minimum Gasteiger partial charge on any atom is -0.393 e. The van der Waals surface area contributed by atoms with Crippen molar-refractivity contribution < 1.29 is 9.90 Å². The smallest absolute Gasteiger partial charge is 0.244 e. The Morgan fingerprint density at radius 2 is 2.17 bits per heavy atom. The first-order valence-corrected chi connectivity index (χ1v) is 8.05. The van der Waals surface area contributed by atoms with Crippen LogP contribution in [-0.2, 0) is 11.3 Å². The van der Waals surface area contributed by atoms with Crippen LogP contribution in [0.25, 0.3) is 11.3 Å². The molecule has 0 aliphatic carbocycles. The van der Waals surface area contributed by atoms with E-state index in [1.165, 1.54) is 0 Å². The Morgan fingerprint density at radius 3 is 2.91 bits per heavy atom. The Bertz CT molecular complexity index is 654. The van der Waals surface area contributed by atoms with Crippen LogP contribution in [0.15, 0.2) is 36.5 Å². The zero-order valence-corrected chi connectivity index (χ0v) is 13.3. The first-order chi connectivity index (χ1) is 11.1. The lowest BCUT2D eigenvalue weighted by atomic mass is 9.93. The zero-order valence-electron chi connectivity index (χ0n) is 13.3. The molecule has 0 saturated carbocycles. The normalized spacial score (nSPS) is 19.6. The van der Waals surface area contributed by atoms with Crippen LogP contribution in [0.5, 0.6) is 0 Å². The van der Waals surface area contributed by atoms with E-state index in [1.54, 1.807) is 17.8 Å². The third-order valence-corrected chi connectivity index (χ3v) is 4.40. The molecule has 2 heterocycles. The number of aliphatic hydroxyl groups excluding tert-OH is 1. The van der Waals surface area contributed by atoms with Crippen LogP contribution < -0.4 is 0 Å². The number of likely N-dealkylation sites (tertiary alicyclic amines) is 1. The maximum atomic E-state index is 12.4. The number of benzene rings is 1. The van der Waals surface area contributed by atoms with Crippen molar-refractivity contribution in [2.75, 3.05) is 13.1 Å². The van der Waals surface area contributed by atoms with E-state index in [4.69, 9.17) is 0 Å². The lowest BCUT2D eigenvalue weighted by Gasteiger charge is -2.34. The molecular weight excluding hydrogens is 292 g/mol. The fourth-order valence-electron chi connectivity index (χ4n) is 2.99. The highest BCUT2D eigenvalue weighted by Gasteiger charge is 2.26. The van der Waals surface area contributed by atoms with Gasteiger partial charge in [0, 0.05) is 24.6 Å². The number of nitrogens with zero attached hydrogens (tertiary/aromatic N) is 4. The largest absolute Gasteiger partial charge is 0.393 e. The van der Waals surface area contributed by atoms with Crippen molar-refractivity contribution in [1.82, 2.24) is 19.9 Å². The molecule has 6 heteroatoms. The molecule has 2 atom stereocenters. The van der Waals surface area contributed by atoms with E-state index in [-0.39, 0.29) is 24.5 Å². The second-order valence-electron chi connectivity index (χ2n) is 6.15. The van der Waals surface area contributed by atoms with Crippen molar-refractivity contribution in [2.45, 2.75) is 32.4 Å². The molecule has 2 unspecified atom stereocenters. The summed E-state index contributed by atoms with van der Waals surface area (Å²) in [5.41, 5.74) is 1.75. The van der Waals surface area contributed by atoms with Gasteiger partial charge < -0.3 is 10.0 Å². The van der Waals surface area contributed by atoms with Gasteiger partial charge in [0.25, 0.3) is 0 Å². The van der Waals surface area contributed by atoms with E-state index in [9.17, 15) is 9.90 Å². The van der Waals surface area contributed by atoms with Gasteiger partial charge in [0.1, 0.15) is 12.2 Å². The van der Waals surface area contributed by atoms with E-state index in [1.807, 2.05) is 35.2 Å². The highest BCUT2D eigenvalue weighted by atomic mass is 16.3. The molecule has 23 heavy (non-hydrogen) atoms. The van der Waals surface area contributed by atoms with Crippen molar-refractivity contribution in [3.63, 3.8) is 0 Å². The van der Waals surface area contributed by atoms with Gasteiger partial charge in [0.2, 0.25) is 5.91 Å². The maximum absolute atomic E-state index is 12.4. The van der Waals surface area contributed by atoms with Gasteiger partial charge in [-0.05, 0) is 19.8 Å². The standard InChI is InChI=1S/C17H22N4O2/c1-13(22)15-8-5-9-20(10-15)17(23)12-21-11-16(18-19-21)14-6-3-2-4-7-14/h2-4,6-7,11,13,15,22H,5,8-10,12H2,1H3. The van der Waals surface area contributed by atoms with Gasteiger partial charge in [-0.15, -0.1) is 5.10 Å². The average molecular weight is 314 g/mol. The molecule has 1 fully saturated rings. The molecule has 2 aromatic rings. The van der Waals surface area contributed by atoms with Crippen molar-refractivity contribution in [3.05, 3.63) is 36.5 Å². The molecule has 0 spiro atoms. The van der Waals surface area contributed by atoms with Gasteiger partial charge in [-0.25, -0.2) is 4.68 Å². The maximum Gasteiger partial charge on any atom is 0.244 e. The highest BCUT2D eigenvalue weighted by Crippen LogP contribution is 2.20. The Labute approximate surface area is 135 Å². The van der Waals surface area contributed by atoms with Crippen molar-refractivity contribution in [1.29, 1.82) is 0 Å². The van der Waals surface area contributed by atoms with Crippen LogP contribution in [0.4, 0.5) is 0 Å². The molecule has 1 aromatic heterocycles. The summed E-state index contributed by atoms with van der Waals surface area (Å²) in [6, 6.07) is 9.78. The first kappa shape index (κ1) is 15.7. The summed E-state index contributed by atoms with van der Waals surface area (Å²) in [6.07, 6.45) is 3.34. The minimum atomic E-state index is -0.373. The summed E-state index contributed by atoms with van der Waals surface area (Å²) in [5.74, 6) is 0.197. The lowest BCUT2D eigenvalue weighted by Crippen LogP contribution is -2.44. The Kier molecular flexibility index (Phi) is 4.71. The summed E-state index contributed by atoms with van der Waals surface area (Å²) in [6.45, 7) is 3.35. The van der Waals surface area contributed by atoms with Crippen LogP contribution >= 0.6 is 0 Å². The van der Waals surface area contributed by atoms with Gasteiger partial charge in [0.15, 0.2) is 0 Å². The van der Waals surface area contributed by atoms with E-state index < -0.39 is 0 Å². The molecule has 1 aliphatic heterocycles. The number of aromatic nitrogens is 3. The Hall–Kier alpha value is -2.21. The predicted molar refractivity (Wildman–Crippen MR) is 86.4 cm³/mol. The summed E-state index contributed by atoms with van der Waals surface area (Å²) in [7, 11) is 0. The van der Waals surface area contributed by atoms with Crippen LogP contribution in [-0.4, -0.2) is 50.1 Å². The van der Waals surface area contributed by atoms with Gasteiger partial charge >= 0.3 is 0 Å². The van der Waals surface area contributed by atoms with Crippen LogP contribution in [0.2, 0.25) is 0 Å². The fraction of sp³-hybridized carbons (Fsp3) is 0.471. The molecule has 6 nitrogen and oxygen atoms in total. The number of amides is 1. The topological polar surface area (TPSA) is 71.2 Å². The van der Waals surface area contributed by atoms with Gasteiger partial charge in [0.05, 0.1) is 12.3 Å². The van der Waals surface area contributed by atoms with Gasteiger partial charge in [-0.3, -0.25) is 4.79 Å². The van der Waals surface area contributed by atoms with E-state index in [0.717, 1.165) is 30.6 Å². The van der Waals surface area contributed by atoms with E-state index in [2.05, 4.69) is 10.3 Å². The van der Waals surface area contributed by atoms with E-state index >= 15 is 0 Å². The molecule has 0 bridgehead atoms. The summed E-state index contributed by atoms with van der Waals surface area (Å²) < 4.78 is 1.58. The van der Waals surface area contributed by atoms with Gasteiger partial charge in [-0.2, -0.15) is 0 Å². The lowest BCUT2D eigenvalue weighted by molar-refractivity contribution is -0.134. The molecular formula is C17H22N4O2.